The number of halogens is 1. The van der Waals surface area contributed by atoms with Crippen LogP contribution in [0.25, 0.3) is 6.08 Å². The van der Waals surface area contributed by atoms with Gasteiger partial charge in [-0.15, -0.1) is 0 Å². The van der Waals surface area contributed by atoms with Gasteiger partial charge in [-0.2, -0.15) is 0 Å². The van der Waals surface area contributed by atoms with Crippen molar-refractivity contribution in [1.29, 1.82) is 0 Å². The van der Waals surface area contributed by atoms with Crippen molar-refractivity contribution in [3.05, 3.63) is 27.1 Å². The van der Waals surface area contributed by atoms with E-state index in [1.807, 2.05) is 0 Å². The molecule has 2 rings (SSSR count). The van der Waals surface area contributed by atoms with Gasteiger partial charge in [0, 0.05) is 4.47 Å². The van der Waals surface area contributed by atoms with E-state index in [0.29, 0.717) is 16.4 Å². The number of ether oxygens (including phenoxy) is 2. The smallest absolute Gasteiger partial charge is 0.290 e. The van der Waals surface area contributed by atoms with Crippen molar-refractivity contribution in [1.82, 2.24) is 5.32 Å². The average molecular weight is 344 g/mol. The summed E-state index contributed by atoms with van der Waals surface area (Å²) < 4.78 is 11.1. The molecule has 0 aromatic heterocycles. The molecule has 19 heavy (non-hydrogen) atoms. The zero-order valence-corrected chi connectivity index (χ0v) is 12.6. The third-order valence-corrected chi connectivity index (χ3v) is 3.93. The van der Waals surface area contributed by atoms with Gasteiger partial charge < -0.3 is 9.47 Å². The lowest BCUT2D eigenvalue weighted by Crippen LogP contribution is -2.17. The molecule has 1 aliphatic rings. The van der Waals surface area contributed by atoms with Gasteiger partial charge in [-0.25, -0.2) is 0 Å². The van der Waals surface area contributed by atoms with Gasteiger partial charge in [0.15, 0.2) is 11.5 Å². The second-order valence-electron chi connectivity index (χ2n) is 3.58. The van der Waals surface area contributed by atoms with Gasteiger partial charge in [-0.05, 0) is 35.5 Å². The Hall–Kier alpha value is -1.47. The Bertz CT molecular complexity index is 585. The van der Waals surface area contributed by atoms with Crippen LogP contribution in [0.1, 0.15) is 5.56 Å². The first-order valence-corrected chi connectivity index (χ1v) is 6.82. The van der Waals surface area contributed by atoms with Crippen LogP contribution in [-0.4, -0.2) is 25.4 Å². The molecule has 0 saturated carbocycles. The summed E-state index contributed by atoms with van der Waals surface area (Å²) in [6.45, 7) is 0. The third-order valence-electron chi connectivity index (χ3n) is 2.43. The van der Waals surface area contributed by atoms with Crippen LogP contribution in [0.15, 0.2) is 21.5 Å². The fraction of sp³-hybridized carbons (Fsp3) is 0.167. The Kier molecular flexibility index (Phi) is 4.16. The quantitative estimate of drug-likeness (QED) is 0.855. The highest BCUT2D eigenvalue weighted by molar-refractivity contribution is 9.10. The van der Waals surface area contributed by atoms with E-state index in [4.69, 9.17) is 9.47 Å². The van der Waals surface area contributed by atoms with Crippen LogP contribution < -0.4 is 14.8 Å². The lowest BCUT2D eigenvalue weighted by atomic mass is 10.2. The molecule has 2 amide bonds. The summed E-state index contributed by atoms with van der Waals surface area (Å²) in [5.41, 5.74) is 0.727. The molecule has 1 saturated heterocycles. The normalized spacial score (nSPS) is 16.7. The summed E-state index contributed by atoms with van der Waals surface area (Å²) in [6.07, 6.45) is 1.62. The van der Waals surface area contributed by atoms with Crippen molar-refractivity contribution in [2.24, 2.45) is 0 Å². The van der Waals surface area contributed by atoms with Crippen LogP contribution in [0.4, 0.5) is 4.79 Å². The van der Waals surface area contributed by atoms with E-state index in [9.17, 15) is 9.59 Å². The summed E-state index contributed by atoms with van der Waals surface area (Å²) in [5.74, 6) is 0.736. The molecule has 0 bridgehead atoms. The Balaban J connectivity index is 2.43. The zero-order chi connectivity index (χ0) is 14.0. The predicted octanol–water partition coefficient (Wildman–Crippen LogP) is 2.79. The lowest BCUT2D eigenvalue weighted by Gasteiger charge is -2.10. The molecule has 1 N–H and O–H groups in total. The molecule has 0 radical (unpaired) electrons. The van der Waals surface area contributed by atoms with Crippen LogP contribution >= 0.6 is 27.7 Å². The minimum atomic E-state index is -0.392. The Morgan fingerprint density at radius 3 is 2.37 bits per heavy atom. The maximum absolute atomic E-state index is 11.5. The highest BCUT2D eigenvalue weighted by atomic mass is 79.9. The maximum atomic E-state index is 11.5. The number of amides is 2. The molecular formula is C12H10BrNO4S. The van der Waals surface area contributed by atoms with E-state index in [-0.39, 0.29) is 5.24 Å². The van der Waals surface area contributed by atoms with Crippen molar-refractivity contribution in [2.45, 2.75) is 0 Å². The Morgan fingerprint density at radius 1 is 1.21 bits per heavy atom. The number of imide groups is 1. The molecule has 1 aliphatic heterocycles. The standard InChI is InChI=1S/C12H10BrNO4S/c1-17-8-3-6(7(13)5-9(8)18-2)4-10-11(15)14-12(16)19-10/h3-5H,1-2H3,(H,14,15,16). The molecule has 1 fully saturated rings. The summed E-state index contributed by atoms with van der Waals surface area (Å²) in [6, 6.07) is 3.47. The highest BCUT2D eigenvalue weighted by Crippen LogP contribution is 2.36. The number of benzene rings is 1. The van der Waals surface area contributed by atoms with Gasteiger partial charge >= 0.3 is 0 Å². The first-order chi connectivity index (χ1) is 9.05. The number of rotatable bonds is 3. The Labute approximate surface area is 122 Å². The number of thioether (sulfide) groups is 1. The van der Waals surface area contributed by atoms with E-state index >= 15 is 0 Å². The van der Waals surface area contributed by atoms with Crippen molar-refractivity contribution < 1.29 is 19.1 Å². The van der Waals surface area contributed by atoms with Crippen molar-refractivity contribution in [3.63, 3.8) is 0 Å². The first kappa shape index (κ1) is 14.0. The van der Waals surface area contributed by atoms with Crippen molar-refractivity contribution >= 4 is 44.9 Å². The van der Waals surface area contributed by atoms with Gasteiger partial charge in [0.1, 0.15) is 0 Å². The summed E-state index contributed by atoms with van der Waals surface area (Å²) in [4.78, 5) is 22.9. The molecule has 0 atom stereocenters. The molecule has 100 valence electrons. The van der Waals surface area contributed by atoms with Crippen molar-refractivity contribution in [2.75, 3.05) is 14.2 Å². The topological polar surface area (TPSA) is 64.6 Å². The minimum Gasteiger partial charge on any atom is -0.493 e. The van der Waals surface area contributed by atoms with Crippen LogP contribution in [0, 0.1) is 0 Å². The molecule has 5 nitrogen and oxygen atoms in total. The average Bonchev–Trinajstić information content (AvgIpc) is 2.69. The predicted molar refractivity (Wildman–Crippen MR) is 76.4 cm³/mol. The van der Waals surface area contributed by atoms with E-state index in [2.05, 4.69) is 21.2 Å². The van der Waals surface area contributed by atoms with Gasteiger partial charge in [-0.1, -0.05) is 15.9 Å². The fourth-order valence-corrected chi connectivity index (χ4v) is 2.65. The van der Waals surface area contributed by atoms with Crippen LogP contribution in [0.2, 0.25) is 0 Å². The number of hydrogen-bond donors (Lipinski definition) is 1. The van der Waals surface area contributed by atoms with Gasteiger partial charge in [0.2, 0.25) is 0 Å². The number of carbonyl (C=O) groups excluding carboxylic acids is 2. The summed E-state index contributed by atoms with van der Waals surface area (Å²) in [5, 5.41) is 1.84. The molecule has 1 heterocycles. The van der Waals surface area contributed by atoms with Crippen LogP contribution in [-0.2, 0) is 4.79 Å². The second kappa shape index (κ2) is 5.66. The number of carbonyl (C=O) groups is 2. The third kappa shape index (κ3) is 2.93. The minimum absolute atomic E-state index is 0.345. The SMILES string of the molecule is COc1cc(Br)c(C=C2SC(=O)NC2=O)cc1OC. The van der Waals surface area contributed by atoms with Gasteiger partial charge in [0.05, 0.1) is 19.1 Å². The molecule has 0 aliphatic carbocycles. The molecule has 1 aromatic rings. The summed E-state index contributed by atoms with van der Waals surface area (Å²) in [7, 11) is 3.07. The monoisotopic (exact) mass is 343 g/mol. The number of methoxy groups -OCH3 is 2. The largest absolute Gasteiger partial charge is 0.493 e. The molecule has 1 aromatic carbocycles. The molecule has 7 heteroatoms. The fourth-order valence-electron chi connectivity index (χ4n) is 1.54. The highest BCUT2D eigenvalue weighted by Gasteiger charge is 2.25. The molecular weight excluding hydrogens is 334 g/mol. The van der Waals surface area contributed by atoms with Gasteiger partial charge in [-0.3, -0.25) is 14.9 Å². The van der Waals surface area contributed by atoms with E-state index < -0.39 is 5.91 Å². The first-order valence-electron chi connectivity index (χ1n) is 5.21. The molecule has 0 unspecified atom stereocenters. The zero-order valence-electron chi connectivity index (χ0n) is 10.2. The van der Waals surface area contributed by atoms with E-state index in [0.717, 1.165) is 21.8 Å². The van der Waals surface area contributed by atoms with E-state index in [1.165, 1.54) is 7.11 Å². The van der Waals surface area contributed by atoms with Crippen molar-refractivity contribution in [3.8, 4) is 11.5 Å². The lowest BCUT2D eigenvalue weighted by molar-refractivity contribution is -0.115. The summed E-state index contributed by atoms with van der Waals surface area (Å²) >= 11 is 4.26. The Morgan fingerprint density at radius 2 is 1.84 bits per heavy atom. The number of nitrogens with one attached hydrogen (secondary N) is 1. The molecule has 0 spiro atoms. The van der Waals surface area contributed by atoms with Crippen LogP contribution in [0.3, 0.4) is 0 Å². The number of hydrogen-bond acceptors (Lipinski definition) is 5. The van der Waals surface area contributed by atoms with E-state index in [1.54, 1.807) is 25.3 Å². The van der Waals surface area contributed by atoms with Crippen LogP contribution in [0.5, 0.6) is 11.5 Å². The second-order valence-corrected chi connectivity index (χ2v) is 5.45. The maximum Gasteiger partial charge on any atom is 0.290 e. The van der Waals surface area contributed by atoms with Gasteiger partial charge in [0.25, 0.3) is 11.1 Å².